The molecule has 0 bridgehead atoms. The number of ether oxygens (including phenoxy) is 1. The molecule has 3 heterocycles. The van der Waals surface area contributed by atoms with E-state index in [-0.39, 0.29) is 24.0 Å². The summed E-state index contributed by atoms with van der Waals surface area (Å²) in [6, 6.07) is 0. The van der Waals surface area contributed by atoms with Gasteiger partial charge in [0.05, 0.1) is 10.6 Å². The van der Waals surface area contributed by atoms with Crippen molar-refractivity contribution in [1.82, 2.24) is 15.2 Å². The van der Waals surface area contributed by atoms with Gasteiger partial charge < -0.3 is 15.0 Å². The zero-order valence-corrected chi connectivity index (χ0v) is 12.2. The Morgan fingerprint density at radius 2 is 2.25 bits per heavy atom. The molecule has 0 radical (unpaired) electrons. The predicted octanol–water partition coefficient (Wildman–Crippen LogP) is 0.573. The minimum Gasteiger partial charge on any atom is -0.363 e. The second-order valence-corrected chi connectivity index (χ2v) is 6.35. The molecule has 2 aliphatic heterocycles. The average Bonchev–Trinajstić information content (AvgIpc) is 2.89. The van der Waals surface area contributed by atoms with Crippen LogP contribution in [0.5, 0.6) is 0 Å². The summed E-state index contributed by atoms with van der Waals surface area (Å²) in [5.74, 6) is -0.0730. The summed E-state index contributed by atoms with van der Waals surface area (Å²) in [7, 11) is 0. The van der Waals surface area contributed by atoms with Crippen molar-refractivity contribution in [3.8, 4) is 0 Å². The molecule has 6 nitrogen and oxygen atoms in total. The zero-order valence-electron chi connectivity index (χ0n) is 11.3. The first kappa shape index (κ1) is 13.5. The Kier molecular flexibility index (Phi) is 3.47. The van der Waals surface area contributed by atoms with Crippen molar-refractivity contribution in [1.29, 1.82) is 0 Å². The summed E-state index contributed by atoms with van der Waals surface area (Å²) in [5.41, 5.74) is 0.240. The fraction of sp³-hybridized carbons (Fsp3) is 0.615. The van der Waals surface area contributed by atoms with Crippen LogP contribution in [-0.2, 0) is 9.53 Å². The van der Waals surface area contributed by atoms with Crippen LogP contribution < -0.4 is 5.32 Å². The summed E-state index contributed by atoms with van der Waals surface area (Å²) in [5, 5.41) is 5.55. The Labute approximate surface area is 121 Å². The first-order chi connectivity index (χ1) is 9.58. The molecule has 1 aromatic rings. The van der Waals surface area contributed by atoms with Crippen molar-refractivity contribution < 1.29 is 14.3 Å². The van der Waals surface area contributed by atoms with Gasteiger partial charge in [0.25, 0.3) is 5.91 Å². The Morgan fingerprint density at radius 1 is 1.50 bits per heavy atom. The summed E-state index contributed by atoms with van der Waals surface area (Å²) >= 11 is 1.49. The molecule has 20 heavy (non-hydrogen) atoms. The number of hydrogen-bond acceptors (Lipinski definition) is 5. The minimum absolute atomic E-state index is 0.0101. The van der Waals surface area contributed by atoms with Crippen molar-refractivity contribution in [3.63, 3.8) is 0 Å². The topological polar surface area (TPSA) is 71.5 Å². The molecular formula is C13H17N3O3S. The van der Waals surface area contributed by atoms with Gasteiger partial charge in [-0.15, -0.1) is 11.3 Å². The van der Waals surface area contributed by atoms with Crippen LogP contribution in [0.4, 0.5) is 0 Å². The van der Waals surface area contributed by atoms with E-state index in [9.17, 15) is 9.59 Å². The van der Waals surface area contributed by atoms with E-state index in [0.29, 0.717) is 25.3 Å². The molecule has 3 rings (SSSR count). The summed E-state index contributed by atoms with van der Waals surface area (Å²) < 4.78 is 5.69. The Morgan fingerprint density at radius 3 is 2.80 bits per heavy atom. The number of thiazole rings is 1. The monoisotopic (exact) mass is 295 g/mol. The van der Waals surface area contributed by atoms with Gasteiger partial charge in [-0.2, -0.15) is 0 Å². The van der Waals surface area contributed by atoms with E-state index in [2.05, 4.69) is 10.3 Å². The average molecular weight is 295 g/mol. The number of aryl methyl sites for hydroxylation is 1. The van der Waals surface area contributed by atoms with Gasteiger partial charge in [-0.25, -0.2) is 4.98 Å². The van der Waals surface area contributed by atoms with Crippen LogP contribution in [0.3, 0.4) is 0 Å². The van der Waals surface area contributed by atoms with Crippen LogP contribution >= 0.6 is 11.3 Å². The molecule has 108 valence electrons. The smallest absolute Gasteiger partial charge is 0.273 e. The molecule has 0 atom stereocenters. The molecule has 2 fully saturated rings. The van der Waals surface area contributed by atoms with Gasteiger partial charge in [-0.3, -0.25) is 9.59 Å². The van der Waals surface area contributed by atoms with Crippen molar-refractivity contribution in [2.24, 2.45) is 0 Å². The number of carbonyl (C=O) groups is 2. The summed E-state index contributed by atoms with van der Waals surface area (Å²) in [6.45, 7) is 3.85. The maximum absolute atomic E-state index is 12.3. The molecule has 1 spiro atoms. The highest BCUT2D eigenvalue weighted by molar-refractivity contribution is 7.09. The van der Waals surface area contributed by atoms with E-state index in [1.54, 1.807) is 5.38 Å². The van der Waals surface area contributed by atoms with Crippen LogP contribution in [-0.4, -0.2) is 53.5 Å². The number of nitrogens with one attached hydrogen (secondary N) is 1. The van der Waals surface area contributed by atoms with Crippen LogP contribution in [0.1, 0.15) is 28.3 Å². The van der Waals surface area contributed by atoms with E-state index in [0.717, 1.165) is 17.8 Å². The highest BCUT2D eigenvalue weighted by Crippen LogP contribution is 2.28. The third-order valence-electron chi connectivity index (χ3n) is 3.92. The standard InChI is InChI=1S/C13H17N3O3S/c1-9-15-10(7-20-9)12(18)16-4-2-13(3-5-16)8-14-11(17)6-19-13/h7H,2-6,8H2,1H3,(H,14,17). The first-order valence-corrected chi connectivity index (χ1v) is 7.58. The van der Waals surface area contributed by atoms with Crippen molar-refractivity contribution in [2.45, 2.75) is 25.4 Å². The number of nitrogens with zero attached hydrogens (tertiary/aromatic N) is 2. The SMILES string of the molecule is Cc1nc(C(=O)N2CCC3(CC2)CNC(=O)CO3)cs1. The molecule has 0 saturated carbocycles. The summed E-state index contributed by atoms with van der Waals surface area (Å²) in [4.78, 5) is 29.5. The largest absolute Gasteiger partial charge is 0.363 e. The highest BCUT2D eigenvalue weighted by Gasteiger charge is 2.40. The number of carbonyl (C=O) groups excluding carboxylic acids is 2. The number of piperidine rings is 1. The molecule has 0 unspecified atom stereocenters. The fourth-order valence-electron chi connectivity index (χ4n) is 2.64. The van der Waals surface area contributed by atoms with Gasteiger partial charge >= 0.3 is 0 Å². The van der Waals surface area contributed by atoms with Crippen LogP contribution in [0.2, 0.25) is 0 Å². The molecule has 0 aromatic carbocycles. The van der Waals surface area contributed by atoms with E-state index < -0.39 is 0 Å². The quantitative estimate of drug-likeness (QED) is 0.822. The second kappa shape index (κ2) is 5.14. The Bertz CT molecular complexity index is 523. The molecule has 1 aromatic heterocycles. The molecule has 7 heteroatoms. The van der Waals surface area contributed by atoms with Crippen molar-refractivity contribution in [3.05, 3.63) is 16.1 Å². The minimum atomic E-state index is -0.289. The lowest BCUT2D eigenvalue weighted by molar-refractivity contribution is -0.149. The van der Waals surface area contributed by atoms with Crippen LogP contribution in [0.15, 0.2) is 5.38 Å². The van der Waals surface area contributed by atoms with E-state index in [1.807, 2.05) is 11.8 Å². The normalized spacial score (nSPS) is 21.9. The van der Waals surface area contributed by atoms with Gasteiger partial charge in [0, 0.05) is 25.0 Å². The molecule has 2 amide bonds. The molecule has 2 saturated heterocycles. The van der Waals surface area contributed by atoms with Gasteiger partial charge in [0.1, 0.15) is 12.3 Å². The first-order valence-electron chi connectivity index (χ1n) is 6.70. The molecule has 1 N–H and O–H groups in total. The number of amides is 2. The fourth-order valence-corrected chi connectivity index (χ4v) is 3.23. The van der Waals surface area contributed by atoms with Gasteiger partial charge in [0.2, 0.25) is 5.91 Å². The van der Waals surface area contributed by atoms with Gasteiger partial charge in [-0.05, 0) is 19.8 Å². The lowest BCUT2D eigenvalue weighted by Crippen LogP contribution is -2.58. The van der Waals surface area contributed by atoms with Crippen LogP contribution in [0, 0.1) is 6.92 Å². The third kappa shape index (κ3) is 2.55. The lowest BCUT2D eigenvalue weighted by Gasteiger charge is -2.43. The van der Waals surface area contributed by atoms with E-state index >= 15 is 0 Å². The Balaban J connectivity index is 1.61. The second-order valence-electron chi connectivity index (χ2n) is 5.29. The highest BCUT2D eigenvalue weighted by atomic mass is 32.1. The van der Waals surface area contributed by atoms with E-state index in [1.165, 1.54) is 11.3 Å². The van der Waals surface area contributed by atoms with Crippen LogP contribution in [0.25, 0.3) is 0 Å². The van der Waals surface area contributed by atoms with Crippen molar-refractivity contribution >= 4 is 23.2 Å². The third-order valence-corrected chi connectivity index (χ3v) is 4.69. The number of rotatable bonds is 1. The molecule has 2 aliphatic rings. The van der Waals surface area contributed by atoms with Crippen molar-refractivity contribution in [2.75, 3.05) is 26.2 Å². The number of aromatic nitrogens is 1. The maximum Gasteiger partial charge on any atom is 0.273 e. The predicted molar refractivity (Wildman–Crippen MR) is 73.7 cm³/mol. The lowest BCUT2D eigenvalue weighted by atomic mass is 9.90. The Hall–Kier alpha value is -1.47. The maximum atomic E-state index is 12.3. The van der Waals surface area contributed by atoms with Gasteiger partial charge in [-0.1, -0.05) is 0 Å². The number of likely N-dealkylation sites (tertiary alicyclic amines) is 1. The molecule has 0 aliphatic carbocycles. The summed E-state index contributed by atoms with van der Waals surface area (Å²) in [6.07, 6.45) is 1.50. The van der Waals surface area contributed by atoms with Gasteiger partial charge in [0.15, 0.2) is 0 Å². The number of hydrogen-bond donors (Lipinski definition) is 1. The van der Waals surface area contributed by atoms with E-state index in [4.69, 9.17) is 4.74 Å². The molecular weight excluding hydrogens is 278 g/mol. The zero-order chi connectivity index (χ0) is 14.2. The number of morpholine rings is 1.